The fourth-order valence-corrected chi connectivity index (χ4v) is 1.56. The first-order valence-electron chi connectivity index (χ1n) is 5.98. The van der Waals surface area contributed by atoms with Crippen LogP contribution in [0, 0.1) is 0 Å². The van der Waals surface area contributed by atoms with Gasteiger partial charge in [-0.15, -0.1) is 0 Å². The number of amides is 3. The summed E-state index contributed by atoms with van der Waals surface area (Å²) < 4.78 is 5.35. The van der Waals surface area contributed by atoms with Crippen molar-refractivity contribution in [1.29, 1.82) is 0 Å². The molecule has 0 saturated carbocycles. The number of imide groups is 1. The van der Waals surface area contributed by atoms with Gasteiger partial charge in [-0.25, -0.2) is 4.79 Å². The standard InChI is InChI=1S/C13H15ClN2O4/c1-3-15-13(19)16-12(18)8(2)20-11-5-4-10(14)6-9(11)7-17/h4-8H,3H2,1-2H3,(H2,15,16,18,19). The summed E-state index contributed by atoms with van der Waals surface area (Å²) in [6, 6.07) is 3.86. The number of urea groups is 1. The molecule has 0 aliphatic carbocycles. The summed E-state index contributed by atoms with van der Waals surface area (Å²) in [5, 5.41) is 4.93. The van der Waals surface area contributed by atoms with Gasteiger partial charge in [-0.05, 0) is 32.0 Å². The monoisotopic (exact) mass is 298 g/mol. The van der Waals surface area contributed by atoms with E-state index < -0.39 is 18.0 Å². The van der Waals surface area contributed by atoms with Crippen LogP contribution < -0.4 is 15.4 Å². The summed E-state index contributed by atoms with van der Waals surface area (Å²) in [7, 11) is 0. The number of carbonyl (C=O) groups is 3. The van der Waals surface area contributed by atoms with Crippen molar-refractivity contribution in [3.8, 4) is 5.75 Å². The fourth-order valence-electron chi connectivity index (χ4n) is 1.38. The third kappa shape index (κ3) is 4.55. The van der Waals surface area contributed by atoms with E-state index in [1.54, 1.807) is 6.92 Å². The number of aldehydes is 1. The Morgan fingerprint density at radius 1 is 1.45 bits per heavy atom. The van der Waals surface area contributed by atoms with Gasteiger partial charge in [0.25, 0.3) is 5.91 Å². The molecule has 1 atom stereocenters. The minimum absolute atomic E-state index is 0.225. The smallest absolute Gasteiger partial charge is 0.321 e. The molecule has 0 spiro atoms. The Balaban J connectivity index is 2.70. The predicted octanol–water partition coefficient (Wildman–Crippen LogP) is 1.77. The molecular formula is C13H15ClN2O4. The maximum Gasteiger partial charge on any atom is 0.321 e. The Labute approximate surface area is 121 Å². The predicted molar refractivity (Wildman–Crippen MR) is 74.1 cm³/mol. The second-order valence-corrected chi connectivity index (χ2v) is 4.35. The average Bonchev–Trinajstić information content (AvgIpc) is 2.40. The molecule has 0 bridgehead atoms. The van der Waals surface area contributed by atoms with Gasteiger partial charge in [0.05, 0.1) is 5.56 Å². The van der Waals surface area contributed by atoms with Crippen molar-refractivity contribution in [2.45, 2.75) is 20.0 Å². The van der Waals surface area contributed by atoms with Crippen LogP contribution in [-0.4, -0.2) is 30.9 Å². The van der Waals surface area contributed by atoms with Crippen LogP contribution in [0.5, 0.6) is 5.75 Å². The summed E-state index contributed by atoms with van der Waals surface area (Å²) in [5.74, 6) is -0.384. The summed E-state index contributed by atoms with van der Waals surface area (Å²) in [6.45, 7) is 3.60. The van der Waals surface area contributed by atoms with Gasteiger partial charge in [-0.1, -0.05) is 11.6 Å². The molecule has 2 N–H and O–H groups in total. The number of nitrogens with one attached hydrogen (secondary N) is 2. The lowest BCUT2D eigenvalue weighted by Gasteiger charge is -2.15. The summed E-state index contributed by atoms with van der Waals surface area (Å²) in [4.78, 5) is 33.8. The van der Waals surface area contributed by atoms with Crippen LogP contribution in [0.25, 0.3) is 0 Å². The number of rotatable bonds is 5. The summed E-state index contributed by atoms with van der Waals surface area (Å²) >= 11 is 5.75. The Morgan fingerprint density at radius 3 is 2.75 bits per heavy atom. The molecule has 6 nitrogen and oxygen atoms in total. The number of hydrogen-bond donors (Lipinski definition) is 2. The van der Waals surface area contributed by atoms with Crippen molar-refractivity contribution < 1.29 is 19.1 Å². The molecular weight excluding hydrogens is 284 g/mol. The third-order valence-corrected chi connectivity index (χ3v) is 2.58. The van der Waals surface area contributed by atoms with Crippen LogP contribution in [0.3, 0.4) is 0 Å². The molecule has 20 heavy (non-hydrogen) atoms. The normalized spacial score (nSPS) is 11.3. The number of benzene rings is 1. The zero-order chi connectivity index (χ0) is 15.1. The van der Waals surface area contributed by atoms with Crippen molar-refractivity contribution in [3.63, 3.8) is 0 Å². The lowest BCUT2D eigenvalue weighted by atomic mass is 10.2. The van der Waals surface area contributed by atoms with Gasteiger partial charge < -0.3 is 10.1 Å². The Bertz CT molecular complexity index is 519. The van der Waals surface area contributed by atoms with Crippen molar-refractivity contribution in [3.05, 3.63) is 28.8 Å². The van der Waals surface area contributed by atoms with Crippen LogP contribution in [0.4, 0.5) is 4.79 Å². The fraction of sp³-hybridized carbons (Fsp3) is 0.308. The maximum absolute atomic E-state index is 11.7. The highest BCUT2D eigenvalue weighted by atomic mass is 35.5. The highest BCUT2D eigenvalue weighted by molar-refractivity contribution is 6.30. The molecule has 0 aliphatic rings. The molecule has 0 heterocycles. The minimum atomic E-state index is -0.933. The maximum atomic E-state index is 11.7. The van der Waals surface area contributed by atoms with Crippen LogP contribution >= 0.6 is 11.6 Å². The molecule has 3 amide bonds. The van der Waals surface area contributed by atoms with E-state index in [0.717, 1.165) is 0 Å². The molecule has 1 unspecified atom stereocenters. The Kier molecular flexibility index (Phi) is 5.99. The number of carbonyl (C=O) groups excluding carboxylic acids is 3. The lowest BCUT2D eigenvalue weighted by Crippen LogP contribution is -2.45. The van der Waals surface area contributed by atoms with E-state index in [1.807, 2.05) is 0 Å². The highest BCUT2D eigenvalue weighted by Gasteiger charge is 2.18. The van der Waals surface area contributed by atoms with Gasteiger partial charge in [0.2, 0.25) is 0 Å². The van der Waals surface area contributed by atoms with E-state index >= 15 is 0 Å². The van der Waals surface area contributed by atoms with Crippen LogP contribution in [0.1, 0.15) is 24.2 Å². The average molecular weight is 299 g/mol. The van der Waals surface area contributed by atoms with Gasteiger partial charge in [-0.3, -0.25) is 14.9 Å². The quantitative estimate of drug-likeness (QED) is 0.811. The zero-order valence-electron chi connectivity index (χ0n) is 11.1. The van der Waals surface area contributed by atoms with Gasteiger partial charge in [-0.2, -0.15) is 0 Å². The summed E-state index contributed by atoms with van der Waals surface area (Å²) in [6.07, 6.45) is -0.354. The largest absolute Gasteiger partial charge is 0.480 e. The van der Waals surface area contributed by atoms with Crippen LogP contribution in [0.2, 0.25) is 5.02 Å². The van der Waals surface area contributed by atoms with Gasteiger partial charge in [0, 0.05) is 11.6 Å². The molecule has 1 aromatic rings. The van der Waals surface area contributed by atoms with E-state index in [1.165, 1.54) is 25.1 Å². The van der Waals surface area contributed by atoms with E-state index in [4.69, 9.17) is 16.3 Å². The number of ether oxygens (including phenoxy) is 1. The highest BCUT2D eigenvalue weighted by Crippen LogP contribution is 2.22. The topological polar surface area (TPSA) is 84.5 Å². The second-order valence-electron chi connectivity index (χ2n) is 3.91. The minimum Gasteiger partial charge on any atom is -0.480 e. The zero-order valence-corrected chi connectivity index (χ0v) is 11.9. The third-order valence-electron chi connectivity index (χ3n) is 2.35. The molecule has 0 fully saturated rings. The first-order valence-corrected chi connectivity index (χ1v) is 6.35. The number of hydrogen-bond acceptors (Lipinski definition) is 4. The molecule has 0 aliphatic heterocycles. The molecule has 0 radical (unpaired) electrons. The van der Waals surface area contributed by atoms with Gasteiger partial charge in [0.15, 0.2) is 12.4 Å². The molecule has 1 rings (SSSR count). The summed E-state index contributed by atoms with van der Waals surface area (Å²) in [5.41, 5.74) is 0.232. The van der Waals surface area contributed by atoms with E-state index in [2.05, 4.69) is 10.6 Å². The molecule has 7 heteroatoms. The van der Waals surface area contributed by atoms with Gasteiger partial charge >= 0.3 is 6.03 Å². The molecule has 1 aromatic carbocycles. The van der Waals surface area contributed by atoms with Gasteiger partial charge in [0.1, 0.15) is 5.75 Å². The van der Waals surface area contributed by atoms with Crippen molar-refractivity contribution in [1.82, 2.24) is 10.6 Å². The van der Waals surface area contributed by atoms with E-state index in [9.17, 15) is 14.4 Å². The second kappa shape index (κ2) is 7.49. The lowest BCUT2D eigenvalue weighted by molar-refractivity contribution is -0.126. The molecule has 108 valence electrons. The first kappa shape index (κ1) is 16.0. The SMILES string of the molecule is CCNC(=O)NC(=O)C(C)Oc1ccc(Cl)cc1C=O. The molecule has 0 aromatic heterocycles. The van der Waals surface area contributed by atoms with Crippen LogP contribution in [-0.2, 0) is 4.79 Å². The van der Waals surface area contributed by atoms with E-state index in [-0.39, 0.29) is 11.3 Å². The van der Waals surface area contributed by atoms with Crippen molar-refractivity contribution in [2.75, 3.05) is 6.54 Å². The number of halogens is 1. The molecule has 0 saturated heterocycles. The van der Waals surface area contributed by atoms with Crippen molar-refractivity contribution >= 4 is 29.8 Å². The van der Waals surface area contributed by atoms with Crippen LogP contribution in [0.15, 0.2) is 18.2 Å². The Morgan fingerprint density at radius 2 is 2.15 bits per heavy atom. The Hall–Kier alpha value is -2.08. The first-order chi connectivity index (χ1) is 9.47. The van der Waals surface area contributed by atoms with Crippen molar-refractivity contribution in [2.24, 2.45) is 0 Å². The van der Waals surface area contributed by atoms with E-state index in [0.29, 0.717) is 17.9 Å².